The van der Waals surface area contributed by atoms with Crippen molar-refractivity contribution in [1.29, 1.82) is 0 Å². The third-order valence-electron chi connectivity index (χ3n) is 5.21. The predicted octanol–water partition coefficient (Wildman–Crippen LogP) is 5.96. The van der Waals surface area contributed by atoms with Gasteiger partial charge in [-0.05, 0) is 55.8 Å². The minimum atomic E-state index is -0.462. The molecule has 3 aromatic rings. The van der Waals surface area contributed by atoms with Gasteiger partial charge in [0, 0.05) is 30.6 Å². The summed E-state index contributed by atoms with van der Waals surface area (Å²) in [5, 5.41) is 0.496. The molecule has 0 spiro atoms. The Morgan fingerprint density at radius 2 is 1.56 bits per heavy atom. The zero-order valence-electron chi connectivity index (χ0n) is 19.5. The Labute approximate surface area is 205 Å². The number of ether oxygens (including phenoxy) is 3. The van der Waals surface area contributed by atoms with Crippen LogP contribution in [-0.4, -0.2) is 37.5 Å². The van der Waals surface area contributed by atoms with Crippen molar-refractivity contribution in [3.8, 4) is 11.5 Å². The van der Waals surface area contributed by atoms with Crippen LogP contribution in [0.2, 0.25) is 5.02 Å². The van der Waals surface area contributed by atoms with Crippen LogP contribution in [0.3, 0.4) is 0 Å². The molecule has 0 amide bonds. The van der Waals surface area contributed by atoms with E-state index < -0.39 is 6.10 Å². The SMILES string of the molecule is CCO[C@@H](Cc1ccc(OCCCOc2ccc(C(=O)c3ccccc3)cc2)c(Cl)c1)C(C)=O. The molecule has 34 heavy (non-hydrogen) atoms. The molecule has 3 aromatic carbocycles. The van der Waals surface area contributed by atoms with Crippen LogP contribution in [-0.2, 0) is 16.0 Å². The molecule has 0 aromatic heterocycles. The predicted molar refractivity (Wildman–Crippen MR) is 133 cm³/mol. The first-order valence-electron chi connectivity index (χ1n) is 11.3. The average Bonchev–Trinajstić information content (AvgIpc) is 2.85. The van der Waals surface area contributed by atoms with E-state index >= 15 is 0 Å². The lowest BCUT2D eigenvalue weighted by atomic mass is 10.0. The van der Waals surface area contributed by atoms with Gasteiger partial charge >= 0.3 is 0 Å². The Morgan fingerprint density at radius 1 is 0.882 bits per heavy atom. The molecule has 0 heterocycles. The van der Waals surface area contributed by atoms with Crippen LogP contribution >= 0.6 is 11.6 Å². The van der Waals surface area contributed by atoms with E-state index in [1.165, 1.54) is 6.92 Å². The highest BCUT2D eigenvalue weighted by atomic mass is 35.5. The maximum absolute atomic E-state index is 12.5. The fourth-order valence-corrected chi connectivity index (χ4v) is 3.67. The largest absolute Gasteiger partial charge is 0.493 e. The molecule has 0 aliphatic rings. The lowest BCUT2D eigenvalue weighted by Crippen LogP contribution is -2.24. The summed E-state index contributed by atoms with van der Waals surface area (Å²) in [5.74, 6) is 1.26. The molecule has 0 saturated heterocycles. The van der Waals surface area contributed by atoms with Crippen LogP contribution in [0.1, 0.15) is 41.8 Å². The van der Waals surface area contributed by atoms with Crippen LogP contribution in [0.4, 0.5) is 0 Å². The monoisotopic (exact) mass is 480 g/mol. The summed E-state index contributed by atoms with van der Waals surface area (Å²) in [5.41, 5.74) is 2.20. The summed E-state index contributed by atoms with van der Waals surface area (Å²) in [6.45, 7) is 4.79. The average molecular weight is 481 g/mol. The number of rotatable bonds is 13. The molecule has 0 N–H and O–H groups in total. The van der Waals surface area contributed by atoms with Crippen LogP contribution < -0.4 is 9.47 Å². The molecule has 0 bridgehead atoms. The maximum Gasteiger partial charge on any atom is 0.193 e. The van der Waals surface area contributed by atoms with Crippen LogP contribution in [0.15, 0.2) is 72.8 Å². The van der Waals surface area contributed by atoms with E-state index in [-0.39, 0.29) is 11.6 Å². The maximum atomic E-state index is 12.5. The summed E-state index contributed by atoms with van der Waals surface area (Å²) in [6.07, 6.45) is 0.683. The van der Waals surface area contributed by atoms with Crippen molar-refractivity contribution in [2.45, 2.75) is 32.8 Å². The fraction of sp³-hybridized carbons (Fsp3) is 0.286. The van der Waals surface area contributed by atoms with Gasteiger partial charge in [-0.1, -0.05) is 48.0 Å². The molecule has 0 unspecified atom stereocenters. The summed E-state index contributed by atoms with van der Waals surface area (Å²) in [7, 11) is 0. The molecule has 0 saturated carbocycles. The summed E-state index contributed by atoms with van der Waals surface area (Å²) >= 11 is 6.35. The smallest absolute Gasteiger partial charge is 0.193 e. The molecule has 3 rings (SSSR count). The molecule has 0 aliphatic carbocycles. The number of ketones is 2. The van der Waals surface area contributed by atoms with E-state index in [0.29, 0.717) is 60.3 Å². The number of carbonyl (C=O) groups is 2. The first kappa shape index (κ1) is 25.5. The van der Waals surface area contributed by atoms with Crippen molar-refractivity contribution in [1.82, 2.24) is 0 Å². The Morgan fingerprint density at radius 3 is 2.21 bits per heavy atom. The van der Waals surface area contributed by atoms with Crippen molar-refractivity contribution in [3.05, 3.63) is 94.5 Å². The van der Waals surface area contributed by atoms with Gasteiger partial charge in [0.25, 0.3) is 0 Å². The van der Waals surface area contributed by atoms with Gasteiger partial charge in [0.15, 0.2) is 11.6 Å². The standard InChI is InChI=1S/C28H29ClO5/c1-3-32-27(20(2)30)19-21-10-15-26(25(29)18-21)34-17-7-16-33-24-13-11-23(12-14-24)28(31)22-8-5-4-6-9-22/h4-6,8-15,18,27H,3,7,16-17,19H2,1-2H3/t27-/m0/s1. The summed E-state index contributed by atoms with van der Waals surface area (Å²) < 4.78 is 17.0. The Bertz CT molecular complexity index is 1080. The number of halogens is 1. The second-order valence-electron chi connectivity index (χ2n) is 7.79. The van der Waals surface area contributed by atoms with Gasteiger partial charge in [0.05, 0.1) is 18.2 Å². The van der Waals surface area contributed by atoms with Gasteiger partial charge in [0.1, 0.15) is 17.6 Å². The Kier molecular flexibility index (Phi) is 9.68. The zero-order valence-corrected chi connectivity index (χ0v) is 20.2. The lowest BCUT2D eigenvalue weighted by Gasteiger charge is -2.15. The second-order valence-corrected chi connectivity index (χ2v) is 8.20. The van der Waals surface area contributed by atoms with E-state index in [9.17, 15) is 9.59 Å². The number of hydrogen-bond acceptors (Lipinski definition) is 5. The van der Waals surface area contributed by atoms with Crippen molar-refractivity contribution < 1.29 is 23.8 Å². The molecule has 6 heteroatoms. The van der Waals surface area contributed by atoms with Crippen LogP contribution in [0.25, 0.3) is 0 Å². The first-order valence-corrected chi connectivity index (χ1v) is 11.7. The van der Waals surface area contributed by atoms with Crippen molar-refractivity contribution in [2.75, 3.05) is 19.8 Å². The van der Waals surface area contributed by atoms with Gasteiger partial charge in [-0.3, -0.25) is 9.59 Å². The van der Waals surface area contributed by atoms with Crippen molar-refractivity contribution in [2.24, 2.45) is 0 Å². The highest BCUT2D eigenvalue weighted by Gasteiger charge is 2.16. The third kappa shape index (κ3) is 7.44. The normalized spacial score (nSPS) is 11.6. The minimum Gasteiger partial charge on any atom is -0.493 e. The van der Waals surface area contributed by atoms with E-state index in [1.807, 2.05) is 37.3 Å². The Hall–Kier alpha value is -3.15. The van der Waals surface area contributed by atoms with E-state index in [1.54, 1.807) is 42.5 Å². The molecule has 0 radical (unpaired) electrons. The quantitative estimate of drug-likeness (QED) is 0.223. The van der Waals surface area contributed by atoms with Gasteiger partial charge in [-0.15, -0.1) is 0 Å². The zero-order chi connectivity index (χ0) is 24.3. The van der Waals surface area contributed by atoms with Crippen LogP contribution in [0.5, 0.6) is 11.5 Å². The second kappa shape index (κ2) is 12.9. The summed E-state index contributed by atoms with van der Waals surface area (Å²) in [4.78, 5) is 24.2. The topological polar surface area (TPSA) is 61.8 Å². The van der Waals surface area contributed by atoms with Gasteiger partial charge < -0.3 is 14.2 Å². The third-order valence-corrected chi connectivity index (χ3v) is 5.50. The summed E-state index contributed by atoms with van der Waals surface area (Å²) in [6, 6.07) is 21.8. The van der Waals surface area contributed by atoms with Crippen LogP contribution in [0, 0.1) is 0 Å². The Balaban J connectivity index is 1.42. The number of carbonyl (C=O) groups excluding carboxylic acids is 2. The highest BCUT2D eigenvalue weighted by molar-refractivity contribution is 6.32. The number of benzene rings is 3. The molecule has 0 fully saturated rings. The number of hydrogen-bond donors (Lipinski definition) is 0. The molecular weight excluding hydrogens is 452 g/mol. The lowest BCUT2D eigenvalue weighted by molar-refractivity contribution is -0.127. The molecule has 5 nitrogen and oxygen atoms in total. The van der Waals surface area contributed by atoms with Crippen molar-refractivity contribution >= 4 is 23.2 Å². The fourth-order valence-electron chi connectivity index (χ4n) is 3.41. The van der Waals surface area contributed by atoms with E-state index in [4.69, 9.17) is 25.8 Å². The highest BCUT2D eigenvalue weighted by Crippen LogP contribution is 2.26. The van der Waals surface area contributed by atoms with Gasteiger partial charge in [-0.2, -0.15) is 0 Å². The molecular formula is C28H29ClO5. The molecule has 1 atom stereocenters. The number of Topliss-reactive ketones (excluding diaryl/α,β-unsaturated/α-hetero) is 1. The van der Waals surface area contributed by atoms with Gasteiger partial charge in [-0.25, -0.2) is 0 Å². The molecule has 178 valence electrons. The van der Waals surface area contributed by atoms with E-state index in [2.05, 4.69) is 0 Å². The van der Waals surface area contributed by atoms with Gasteiger partial charge in [0.2, 0.25) is 0 Å². The van der Waals surface area contributed by atoms with E-state index in [0.717, 1.165) is 5.56 Å². The molecule has 0 aliphatic heterocycles. The van der Waals surface area contributed by atoms with Crippen molar-refractivity contribution in [3.63, 3.8) is 0 Å². The first-order chi connectivity index (χ1) is 16.5. The minimum absolute atomic E-state index is 0.00395.